The molecule has 0 saturated carbocycles. The van der Waals surface area contributed by atoms with Crippen LogP contribution in [0, 0.1) is 0 Å². The van der Waals surface area contributed by atoms with Gasteiger partial charge in [-0.25, -0.2) is 0 Å². The molecule has 1 unspecified atom stereocenters. The fourth-order valence-electron chi connectivity index (χ4n) is 1.94. The van der Waals surface area contributed by atoms with Crippen molar-refractivity contribution < 1.29 is 0 Å². The minimum absolute atomic E-state index is 0.265. The van der Waals surface area contributed by atoms with Crippen molar-refractivity contribution in [2.24, 2.45) is 0 Å². The normalized spacial score (nSPS) is 12.2. The van der Waals surface area contributed by atoms with Gasteiger partial charge in [0.15, 0.2) is 0 Å². The van der Waals surface area contributed by atoms with Crippen LogP contribution in [-0.2, 0) is 0 Å². The van der Waals surface area contributed by atoms with Gasteiger partial charge in [-0.2, -0.15) is 0 Å². The van der Waals surface area contributed by atoms with Gasteiger partial charge in [0, 0.05) is 15.7 Å². The quantitative estimate of drug-likeness (QED) is 0.773. The number of hydrogen-bond donors (Lipinski definition) is 1. The predicted molar refractivity (Wildman–Crippen MR) is 79.6 cm³/mol. The maximum absolute atomic E-state index is 6.00. The molecule has 3 heteroatoms. The highest BCUT2D eigenvalue weighted by atomic mass is 35.5. The summed E-state index contributed by atoms with van der Waals surface area (Å²) in [6.07, 6.45) is 0.994. The molecule has 1 nitrogen and oxygen atoms in total. The van der Waals surface area contributed by atoms with E-state index in [0.717, 1.165) is 12.1 Å². The van der Waals surface area contributed by atoms with Gasteiger partial charge < -0.3 is 5.32 Å². The first-order chi connectivity index (χ1) is 8.69. The zero-order valence-electron chi connectivity index (χ0n) is 10.2. The first-order valence-corrected chi connectivity index (χ1v) is 6.72. The van der Waals surface area contributed by atoms with E-state index in [9.17, 15) is 0 Å². The predicted octanol–water partition coefficient (Wildman–Crippen LogP) is 5.56. The van der Waals surface area contributed by atoms with Gasteiger partial charge in [-0.05, 0) is 30.2 Å². The molecule has 0 amide bonds. The van der Waals surface area contributed by atoms with E-state index in [1.54, 1.807) is 6.07 Å². The lowest BCUT2D eigenvalue weighted by atomic mass is 10.0. The summed E-state index contributed by atoms with van der Waals surface area (Å²) < 4.78 is 0. The van der Waals surface area contributed by atoms with E-state index >= 15 is 0 Å². The van der Waals surface area contributed by atoms with Crippen molar-refractivity contribution in [1.82, 2.24) is 0 Å². The van der Waals surface area contributed by atoms with Gasteiger partial charge >= 0.3 is 0 Å². The van der Waals surface area contributed by atoms with Crippen molar-refractivity contribution in [3.8, 4) is 0 Å². The first kappa shape index (κ1) is 13.3. The summed E-state index contributed by atoms with van der Waals surface area (Å²) in [5.41, 5.74) is 2.21. The van der Waals surface area contributed by atoms with Crippen LogP contribution in [-0.4, -0.2) is 0 Å². The summed E-state index contributed by atoms with van der Waals surface area (Å²) in [7, 11) is 0. The van der Waals surface area contributed by atoms with Crippen LogP contribution in [0.1, 0.15) is 24.9 Å². The highest BCUT2D eigenvalue weighted by Crippen LogP contribution is 2.27. The molecule has 2 aromatic carbocycles. The second-order valence-corrected chi connectivity index (χ2v) is 5.05. The van der Waals surface area contributed by atoms with Crippen LogP contribution >= 0.6 is 23.2 Å². The van der Waals surface area contributed by atoms with E-state index < -0.39 is 0 Å². The number of rotatable bonds is 4. The molecule has 0 fully saturated rings. The Kier molecular flexibility index (Phi) is 4.51. The lowest BCUT2D eigenvalue weighted by Crippen LogP contribution is -2.09. The lowest BCUT2D eigenvalue weighted by molar-refractivity contribution is 0.749. The van der Waals surface area contributed by atoms with Gasteiger partial charge in [0.1, 0.15) is 0 Å². The minimum Gasteiger partial charge on any atom is -0.378 e. The lowest BCUT2D eigenvalue weighted by Gasteiger charge is -2.19. The van der Waals surface area contributed by atoms with E-state index in [4.69, 9.17) is 23.2 Å². The second-order valence-electron chi connectivity index (χ2n) is 4.17. The summed E-state index contributed by atoms with van der Waals surface area (Å²) in [5.74, 6) is 0. The summed E-state index contributed by atoms with van der Waals surface area (Å²) in [5, 5.41) is 4.75. The molecule has 1 atom stereocenters. The van der Waals surface area contributed by atoms with Crippen molar-refractivity contribution in [3.05, 3.63) is 64.1 Å². The third kappa shape index (κ3) is 3.41. The van der Waals surface area contributed by atoms with E-state index in [2.05, 4.69) is 24.4 Å². The Bertz CT molecular complexity index is 491. The van der Waals surface area contributed by atoms with Crippen molar-refractivity contribution >= 4 is 28.9 Å². The summed E-state index contributed by atoms with van der Waals surface area (Å²) in [4.78, 5) is 0. The Morgan fingerprint density at radius 2 is 1.61 bits per heavy atom. The molecular formula is C15H15Cl2N. The monoisotopic (exact) mass is 279 g/mol. The molecule has 18 heavy (non-hydrogen) atoms. The maximum atomic E-state index is 6.00. The molecule has 0 aliphatic rings. The average Bonchev–Trinajstić information content (AvgIpc) is 2.36. The van der Waals surface area contributed by atoms with Crippen molar-refractivity contribution in [1.29, 1.82) is 0 Å². The highest BCUT2D eigenvalue weighted by molar-refractivity contribution is 6.35. The van der Waals surface area contributed by atoms with Gasteiger partial charge in [0.05, 0.1) is 6.04 Å². The van der Waals surface area contributed by atoms with Crippen LogP contribution < -0.4 is 5.32 Å². The average molecular weight is 280 g/mol. The molecule has 0 saturated heterocycles. The van der Waals surface area contributed by atoms with Gasteiger partial charge in [-0.15, -0.1) is 0 Å². The molecule has 0 aromatic heterocycles. The molecule has 0 aliphatic carbocycles. The van der Waals surface area contributed by atoms with Crippen LogP contribution in [0.15, 0.2) is 48.5 Å². The third-order valence-electron chi connectivity index (χ3n) is 2.81. The molecule has 94 valence electrons. The fourth-order valence-corrected chi connectivity index (χ4v) is 2.47. The Labute approximate surface area is 118 Å². The van der Waals surface area contributed by atoms with Gasteiger partial charge in [-0.3, -0.25) is 0 Å². The van der Waals surface area contributed by atoms with Gasteiger partial charge in [0.2, 0.25) is 0 Å². The van der Waals surface area contributed by atoms with Gasteiger partial charge in [0.25, 0.3) is 0 Å². The summed E-state index contributed by atoms with van der Waals surface area (Å²) >= 11 is 12.0. The van der Waals surface area contributed by atoms with Gasteiger partial charge in [-0.1, -0.05) is 60.5 Å². The molecular weight excluding hydrogens is 265 g/mol. The zero-order valence-corrected chi connectivity index (χ0v) is 11.7. The van der Waals surface area contributed by atoms with E-state index in [1.165, 1.54) is 5.56 Å². The number of benzene rings is 2. The van der Waals surface area contributed by atoms with Crippen LogP contribution in [0.5, 0.6) is 0 Å². The topological polar surface area (TPSA) is 12.0 Å². The standard InChI is InChI=1S/C15H15Cl2N/c1-2-15(11-6-4-3-5-7-11)18-14-9-12(16)8-13(17)10-14/h3-10,15,18H,2H2,1H3. The second kappa shape index (κ2) is 6.12. The Balaban J connectivity index is 2.20. The first-order valence-electron chi connectivity index (χ1n) is 5.96. The SMILES string of the molecule is CCC(Nc1cc(Cl)cc(Cl)c1)c1ccccc1. The smallest absolute Gasteiger partial charge is 0.0511 e. The Hall–Kier alpha value is -1.18. The molecule has 1 N–H and O–H groups in total. The van der Waals surface area contributed by atoms with Crippen LogP contribution in [0.25, 0.3) is 0 Å². The maximum Gasteiger partial charge on any atom is 0.0511 e. The van der Waals surface area contributed by atoms with E-state index in [-0.39, 0.29) is 6.04 Å². The largest absolute Gasteiger partial charge is 0.378 e. The number of halogens is 2. The Morgan fingerprint density at radius 1 is 1.00 bits per heavy atom. The molecule has 0 spiro atoms. The molecule has 0 radical (unpaired) electrons. The van der Waals surface area contributed by atoms with Crippen molar-refractivity contribution in [2.45, 2.75) is 19.4 Å². The number of hydrogen-bond acceptors (Lipinski definition) is 1. The molecule has 2 rings (SSSR count). The van der Waals surface area contributed by atoms with Crippen molar-refractivity contribution in [3.63, 3.8) is 0 Å². The Morgan fingerprint density at radius 3 is 2.17 bits per heavy atom. The van der Waals surface area contributed by atoms with Crippen LogP contribution in [0.4, 0.5) is 5.69 Å². The third-order valence-corrected chi connectivity index (χ3v) is 3.25. The highest BCUT2D eigenvalue weighted by Gasteiger charge is 2.09. The molecule has 0 heterocycles. The van der Waals surface area contributed by atoms with Crippen molar-refractivity contribution in [2.75, 3.05) is 5.32 Å². The zero-order chi connectivity index (χ0) is 13.0. The van der Waals surface area contributed by atoms with E-state index in [1.807, 2.05) is 30.3 Å². The fraction of sp³-hybridized carbons (Fsp3) is 0.200. The van der Waals surface area contributed by atoms with Crippen LogP contribution in [0.3, 0.4) is 0 Å². The number of nitrogens with one attached hydrogen (secondary N) is 1. The molecule has 2 aromatic rings. The van der Waals surface area contributed by atoms with Crippen LogP contribution in [0.2, 0.25) is 10.0 Å². The summed E-state index contributed by atoms with van der Waals surface area (Å²) in [6, 6.07) is 16.1. The summed E-state index contributed by atoms with van der Waals surface area (Å²) in [6.45, 7) is 2.15. The molecule has 0 aliphatic heterocycles. The molecule has 0 bridgehead atoms. The van der Waals surface area contributed by atoms with E-state index in [0.29, 0.717) is 10.0 Å². The minimum atomic E-state index is 0.265. The number of anilines is 1.